The third kappa shape index (κ3) is 4.04. The van der Waals surface area contributed by atoms with Crippen molar-refractivity contribution < 1.29 is 19.0 Å². The number of rotatable bonds is 6. The van der Waals surface area contributed by atoms with Gasteiger partial charge in [0, 0.05) is 5.56 Å². The molecule has 0 atom stereocenters. The summed E-state index contributed by atoms with van der Waals surface area (Å²) in [6.07, 6.45) is 1.59. The van der Waals surface area contributed by atoms with Gasteiger partial charge in [-0.25, -0.2) is 5.43 Å². The first kappa shape index (κ1) is 17.3. The van der Waals surface area contributed by atoms with E-state index in [9.17, 15) is 4.79 Å². The molecule has 0 heterocycles. The van der Waals surface area contributed by atoms with E-state index < -0.39 is 0 Å². The van der Waals surface area contributed by atoms with Crippen molar-refractivity contribution in [3.63, 3.8) is 0 Å². The molecule has 0 aliphatic rings. The molecule has 0 radical (unpaired) electrons. The summed E-state index contributed by atoms with van der Waals surface area (Å²) in [6, 6.07) is 10.9. The van der Waals surface area contributed by atoms with Crippen LogP contribution in [0.1, 0.15) is 21.5 Å². The van der Waals surface area contributed by atoms with E-state index in [4.69, 9.17) is 14.2 Å². The second-order valence-electron chi connectivity index (χ2n) is 5.03. The van der Waals surface area contributed by atoms with Crippen molar-refractivity contribution in [1.82, 2.24) is 5.43 Å². The maximum atomic E-state index is 12.3. The minimum atomic E-state index is -0.377. The van der Waals surface area contributed by atoms with E-state index >= 15 is 0 Å². The molecule has 0 bridgehead atoms. The Morgan fingerprint density at radius 1 is 1.04 bits per heavy atom. The van der Waals surface area contributed by atoms with Crippen LogP contribution in [-0.2, 0) is 0 Å². The van der Waals surface area contributed by atoms with Gasteiger partial charge in [0.15, 0.2) is 11.5 Å². The van der Waals surface area contributed by atoms with Gasteiger partial charge in [-0.3, -0.25) is 4.79 Å². The molecule has 0 aliphatic heterocycles. The number of amides is 1. The summed E-state index contributed by atoms with van der Waals surface area (Å²) in [5.74, 6) is 0.868. The van der Waals surface area contributed by atoms with Crippen LogP contribution in [-0.4, -0.2) is 33.5 Å². The maximum Gasteiger partial charge on any atom is 0.271 e. The van der Waals surface area contributed by atoms with Gasteiger partial charge in [-0.2, -0.15) is 5.10 Å². The zero-order valence-corrected chi connectivity index (χ0v) is 14.1. The Kier molecular flexibility index (Phi) is 5.78. The molecule has 2 aromatic rings. The van der Waals surface area contributed by atoms with Crippen LogP contribution in [0.4, 0.5) is 0 Å². The van der Waals surface area contributed by atoms with Crippen LogP contribution in [0.3, 0.4) is 0 Å². The van der Waals surface area contributed by atoms with Crippen molar-refractivity contribution in [2.75, 3.05) is 21.3 Å². The number of carbonyl (C=O) groups excluding carboxylic acids is 1. The lowest BCUT2D eigenvalue weighted by atomic mass is 10.1. The standard InChI is InChI=1S/C18H20N2O4/c1-12-6-5-7-13(8-12)11-19-20-18(21)14-9-15(22-2)17(24-4)16(10-14)23-3/h5-11H,1-4H3,(H,20,21). The molecule has 2 aromatic carbocycles. The van der Waals surface area contributed by atoms with Gasteiger partial charge >= 0.3 is 0 Å². The first-order valence-corrected chi connectivity index (χ1v) is 7.29. The van der Waals surface area contributed by atoms with E-state index in [0.29, 0.717) is 22.8 Å². The lowest BCUT2D eigenvalue weighted by Crippen LogP contribution is -2.18. The van der Waals surface area contributed by atoms with Crippen LogP contribution in [0.15, 0.2) is 41.5 Å². The van der Waals surface area contributed by atoms with E-state index in [-0.39, 0.29) is 5.91 Å². The molecule has 0 saturated heterocycles. The Morgan fingerprint density at radius 3 is 2.25 bits per heavy atom. The molecule has 126 valence electrons. The number of nitrogens with zero attached hydrogens (tertiary/aromatic N) is 1. The molecule has 0 spiro atoms. The molecule has 0 aromatic heterocycles. The number of hydrogen-bond donors (Lipinski definition) is 1. The van der Waals surface area contributed by atoms with Gasteiger partial charge < -0.3 is 14.2 Å². The van der Waals surface area contributed by atoms with Crippen LogP contribution in [0.5, 0.6) is 17.2 Å². The number of aryl methyl sites for hydroxylation is 1. The van der Waals surface area contributed by atoms with Gasteiger partial charge in [0.1, 0.15) is 0 Å². The Morgan fingerprint density at radius 2 is 1.71 bits per heavy atom. The summed E-state index contributed by atoms with van der Waals surface area (Å²) >= 11 is 0. The fraction of sp³-hybridized carbons (Fsp3) is 0.222. The van der Waals surface area contributed by atoms with E-state index in [1.807, 2.05) is 31.2 Å². The number of nitrogens with one attached hydrogen (secondary N) is 1. The number of carbonyl (C=O) groups is 1. The van der Waals surface area contributed by atoms with Crippen molar-refractivity contribution in [3.05, 3.63) is 53.1 Å². The zero-order chi connectivity index (χ0) is 17.5. The van der Waals surface area contributed by atoms with E-state index in [2.05, 4.69) is 10.5 Å². The van der Waals surface area contributed by atoms with Crippen LogP contribution in [0.2, 0.25) is 0 Å². The number of hydrogen-bond acceptors (Lipinski definition) is 5. The predicted molar refractivity (Wildman–Crippen MR) is 92.3 cm³/mol. The molecular weight excluding hydrogens is 308 g/mol. The number of benzene rings is 2. The van der Waals surface area contributed by atoms with Crippen LogP contribution in [0.25, 0.3) is 0 Å². The molecule has 1 amide bonds. The monoisotopic (exact) mass is 328 g/mol. The molecule has 0 fully saturated rings. The normalized spacial score (nSPS) is 10.5. The second kappa shape index (κ2) is 8.01. The van der Waals surface area contributed by atoms with Crippen LogP contribution < -0.4 is 19.6 Å². The van der Waals surface area contributed by atoms with Gasteiger partial charge in [-0.05, 0) is 24.6 Å². The fourth-order valence-electron chi connectivity index (χ4n) is 2.19. The minimum Gasteiger partial charge on any atom is -0.493 e. The molecule has 24 heavy (non-hydrogen) atoms. The first-order valence-electron chi connectivity index (χ1n) is 7.29. The second-order valence-corrected chi connectivity index (χ2v) is 5.03. The topological polar surface area (TPSA) is 69.2 Å². The van der Waals surface area contributed by atoms with Crippen molar-refractivity contribution >= 4 is 12.1 Å². The van der Waals surface area contributed by atoms with Gasteiger partial charge in [0.25, 0.3) is 5.91 Å². The SMILES string of the molecule is COc1cc(C(=O)NN=Cc2cccc(C)c2)cc(OC)c1OC. The Bertz CT molecular complexity index is 731. The molecular formula is C18H20N2O4. The number of ether oxygens (including phenoxy) is 3. The average Bonchev–Trinajstić information content (AvgIpc) is 2.60. The lowest BCUT2D eigenvalue weighted by Gasteiger charge is -2.13. The van der Waals surface area contributed by atoms with Gasteiger partial charge in [0.05, 0.1) is 27.5 Å². The van der Waals surface area contributed by atoms with Crippen molar-refractivity contribution in [2.24, 2.45) is 5.10 Å². The number of hydrazone groups is 1. The maximum absolute atomic E-state index is 12.3. The highest BCUT2D eigenvalue weighted by Crippen LogP contribution is 2.38. The quantitative estimate of drug-likeness (QED) is 0.654. The molecule has 0 aliphatic carbocycles. The Hall–Kier alpha value is -3.02. The summed E-state index contributed by atoms with van der Waals surface area (Å²) in [4.78, 5) is 12.3. The largest absolute Gasteiger partial charge is 0.493 e. The molecule has 6 heteroatoms. The molecule has 1 N–H and O–H groups in total. The van der Waals surface area contributed by atoms with Crippen molar-refractivity contribution in [1.29, 1.82) is 0 Å². The van der Waals surface area contributed by atoms with Gasteiger partial charge in [-0.1, -0.05) is 29.8 Å². The highest BCUT2D eigenvalue weighted by Gasteiger charge is 2.16. The average molecular weight is 328 g/mol. The third-order valence-electron chi connectivity index (χ3n) is 3.35. The lowest BCUT2D eigenvalue weighted by molar-refractivity contribution is 0.0954. The zero-order valence-electron chi connectivity index (χ0n) is 14.1. The van der Waals surface area contributed by atoms with Crippen LogP contribution in [0, 0.1) is 6.92 Å². The predicted octanol–water partition coefficient (Wildman–Crippen LogP) is 2.78. The molecule has 0 saturated carbocycles. The van der Waals surface area contributed by atoms with Gasteiger partial charge in [-0.15, -0.1) is 0 Å². The van der Waals surface area contributed by atoms with Crippen LogP contribution >= 0.6 is 0 Å². The molecule has 0 unspecified atom stereocenters. The Labute approximate surface area is 141 Å². The Balaban J connectivity index is 2.17. The summed E-state index contributed by atoms with van der Waals surface area (Å²) in [5.41, 5.74) is 4.86. The highest BCUT2D eigenvalue weighted by atomic mass is 16.5. The molecule has 2 rings (SSSR count). The first-order chi connectivity index (χ1) is 11.6. The van der Waals surface area contributed by atoms with Gasteiger partial charge in [0.2, 0.25) is 5.75 Å². The number of methoxy groups -OCH3 is 3. The summed E-state index contributed by atoms with van der Waals surface area (Å²) in [6.45, 7) is 1.99. The van der Waals surface area contributed by atoms with E-state index in [0.717, 1.165) is 11.1 Å². The van der Waals surface area contributed by atoms with Crippen molar-refractivity contribution in [2.45, 2.75) is 6.92 Å². The van der Waals surface area contributed by atoms with E-state index in [1.54, 1.807) is 18.3 Å². The van der Waals surface area contributed by atoms with Crippen molar-refractivity contribution in [3.8, 4) is 17.2 Å². The fourth-order valence-corrected chi connectivity index (χ4v) is 2.19. The summed E-state index contributed by atoms with van der Waals surface area (Å²) in [5, 5.41) is 3.98. The smallest absolute Gasteiger partial charge is 0.271 e. The highest BCUT2D eigenvalue weighted by molar-refractivity contribution is 5.96. The van der Waals surface area contributed by atoms with E-state index in [1.165, 1.54) is 21.3 Å². The third-order valence-corrected chi connectivity index (χ3v) is 3.35. The minimum absolute atomic E-state index is 0.353. The summed E-state index contributed by atoms with van der Waals surface area (Å²) in [7, 11) is 4.50. The molecule has 6 nitrogen and oxygen atoms in total. The summed E-state index contributed by atoms with van der Waals surface area (Å²) < 4.78 is 15.7.